The molecule has 0 unspecified atom stereocenters. The van der Waals surface area contributed by atoms with Crippen molar-refractivity contribution in [2.24, 2.45) is 5.92 Å². The van der Waals surface area contributed by atoms with Crippen molar-refractivity contribution >= 4 is 27.7 Å². The molecule has 2 heterocycles. The van der Waals surface area contributed by atoms with Crippen molar-refractivity contribution in [3.63, 3.8) is 0 Å². The van der Waals surface area contributed by atoms with Gasteiger partial charge in [0.15, 0.2) is 5.82 Å². The highest BCUT2D eigenvalue weighted by atomic mass is 79.9. The minimum absolute atomic E-state index is 0.0876. The van der Waals surface area contributed by atoms with Gasteiger partial charge in [-0.1, -0.05) is 11.8 Å². The number of halogens is 1. The van der Waals surface area contributed by atoms with Crippen LogP contribution < -0.4 is 10.6 Å². The van der Waals surface area contributed by atoms with Crippen molar-refractivity contribution < 1.29 is 4.79 Å². The summed E-state index contributed by atoms with van der Waals surface area (Å²) in [6, 6.07) is -0.00683. The van der Waals surface area contributed by atoms with Gasteiger partial charge < -0.3 is 5.32 Å². The smallest absolute Gasteiger partial charge is 0.242 e. The molecular weight excluding hydrogens is 284 g/mol. The van der Waals surface area contributed by atoms with Crippen molar-refractivity contribution in [2.75, 3.05) is 5.32 Å². The number of carbonyl (C=O) groups is 1. The first-order valence-electron chi connectivity index (χ1n) is 5.28. The van der Waals surface area contributed by atoms with E-state index in [2.05, 4.69) is 48.4 Å². The molecule has 1 aliphatic carbocycles. The average molecular weight is 293 g/mol. The van der Waals surface area contributed by atoms with Crippen LogP contribution in [0.15, 0.2) is 17.0 Å². The Balaban J connectivity index is 1.64. The Morgan fingerprint density at radius 1 is 1.53 bits per heavy atom. The second kappa shape index (κ2) is 4.09. The van der Waals surface area contributed by atoms with E-state index >= 15 is 0 Å². The SMILES string of the molecule is O=C(Nc1cncc(Br)n1)[C@@H]1C[C@H]2C#C[C@H]2N1. The molecule has 0 saturated carbocycles. The maximum absolute atomic E-state index is 11.9. The van der Waals surface area contributed by atoms with E-state index in [-0.39, 0.29) is 18.0 Å². The molecule has 0 bridgehead atoms. The molecule has 1 aromatic heterocycles. The normalized spacial score (nSPS) is 28.6. The highest BCUT2D eigenvalue weighted by Gasteiger charge is 2.39. The Morgan fingerprint density at radius 3 is 3.00 bits per heavy atom. The molecule has 17 heavy (non-hydrogen) atoms. The first-order chi connectivity index (χ1) is 8.22. The summed E-state index contributed by atoms with van der Waals surface area (Å²) in [7, 11) is 0. The second-order valence-electron chi connectivity index (χ2n) is 4.04. The summed E-state index contributed by atoms with van der Waals surface area (Å²) in [5.41, 5.74) is 0. The summed E-state index contributed by atoms with van der Waals surface area (Å²) in [4.78, 5) is 20.0. The highest BCUT2D eigenvalue weighted by Crippen LogP contribution is 2.25. The van der Waals surface area contributed by atoms with E-state index in [4.69, 9.17) is 0 Å². The Labute approximate surface area is 107 Å². The number of anilines is 1. The summed E-state index contributed by atoms with van der Waals surface area (Å²) in [6.07, 6.45) is 3.85. The van der Waals surface area contributed by atoms with E-state index in [0.717, 1.165) is 6.42 Å². The number of nitrogens with one attached hydrogen (secondary N) is 2. The molecular formula is C11H9BrN4O. The lowest BCUT2D eigenvalue weighted by atomic mass is 9.93. The number of hydrogen-bond acceptors (Lipinski definition) is 4. The van der Waals surface area contributed by atoms with Crippen molar-refractivity contribution in [1.29, 1.82) is 0 Å². The van der Waals surface area contributed by atoms with Crippen LogP contribution >= 0.6 is 15.9 Å². The molecule has 6 heteroatoms. The van der Waals surface area contributed by atoms with Crippen molar-refractivity contribution in [3.05, 3.63) is 17.0 Å². The van der Waals surface area contributed by atoms with Gasteiger partial charge in [0.2, 0.25) is 5.91 Å². The monoisotopic (exact) mass is 292 g/mol. The van der Waals surface area contributed by atoms with E-state index in [9.17, 15) is 4.79 Å². The van der Waals surface area contributed by atoms with Crippen LogP contribution in [-0.2, 0) is 4.79 Å². The number of carbonyl (C=O) groups excluding carboxylic acids is 1. The molecule has 2 aliphatic rings. The van der Waals surface area contributed by atoms with E-state index in [0.29, 0.717) is 16.3 Å². The van der Waals surface area contributed by atoms with Crippen LogP contribution in [0.25, 0.3) is 0 Å². The van der Waals surface area contributed by atoms with Gasteiger partial charge in [0.1, 0.15) is 4.60 Å². The lowest BCUT2D eigenvalue weighted by Gasteiger charge is -2.14. The highest BCUT2D eigenvalue weighted by molar-refractivity contribution is 9.10. The number of aromatic nitrogens is 2. The minimum atomic E-state index is -0.201. The van der Waals surface area contributed by atoms with Crippen LogP contribution in [0.2, 0.25) is 0 Å². The maximum Gasteiger partial charge on any atom is 0.242 e. The van der Waals surface area contributed by atoms with Crippen LogP contribution in [0.3, 0.4) is 0 Å². The molecule has 0 spiro atoms. The Bertz CT molecular complexity index is 520. The molecule has 2 N–H and O–H groups in total. The largest absolute Gasteiger partial charge is 0.308 e. The first kappa shape index (κ1) is 10.7. The Kier molecular flexibility index (Phi) is 2.57. The van der Waals surface area contributed by atoms with Gasteiger partial charge in [-0.2, -0.15) is 0 Å². The Hall–Kier alpha value is -1.45. The molecule has 1 aliphatic heterocycles. The topological polar surface area (TPSA) is 66.9 Å². The fraction of sp³-hybridized carbons (Fsp3) is 0.364. The second-order valence-corrected chi connectivity index (χ2v) is 4.86. The lowest BCUT2D eigenvalue weighted by molar-refractivity contribution is -0.117. The van der Waals surface area contributed by atoms with Crippen LogP contribution in [-0.4, -0.2) is 28.0 Å². The summed E-state index contributed by atoms with van der Waals surface area (Å²) in [6.45, 7) is 0. The zero-order valence-electron chi connectivity index (χ0n) is 8.77. The quantitative estimate of drug-likeness (QED) is 0.781. The lowest BCUT2D eigenvalue weighted by Crippen LogP contribution is -2.40. The van der Waals surface area contributed by atoms with Gasteiger partial charge in [-0.25, -0.2) is 4.98 Å². The molecule has 1 saturated heterocycles. The number of hydrogen-bond donors (Lipinski definition) is 2. The summed E-state index contributed by atoms with van der Waals surface area (Å²) < 4.78 is 0.595. The molecule has 0 radical (unpaired) electrons. The van der Waals surface area contributed by atoms with Gasteiger partial charge in [0, 0.05) is 5.92 Å². The number of fused-ring (bicyclic) bond motifs is 1. The van der Waals surface area contributed by atoms with Crippen molar-refractivity contribution in [2.45, 2.75) is 18.5 Å². The van der Waals surface area contributed by atoms with E-state index in [1.165, 1.54) is 6.20 Å². The molecule has 1 amide bonds. The predicted octanol–water partition coefficient (Wildman–Crippen LogP) is 0.541. The van der Waals surface area contributed by atoms with E-state index in [1.807, 2.05) is 0 Å². The molecule has 1 fully saturated rings. The summed E-state index contributed by atoms with van der Waals surface area (Å²) in [5.74, 6) is 6.72. The number of amides is 1. The van der Waals surface area contributed by atoms with E-state index < -0.39 is 0 Å². The zero-order valence-corrected chi connectivity index (χ0v) is 10.4. The third-order valence-corrected chi connectivity index (χ3v) is 3.25. The zero-order chi connectivity index (χ0) is 11.8. The Morgan fingerprint density at radius 2 is 2.41 bits per heavy atom. The van der Waals surface area contributed by atoms with Crippen LogP contribution in [0.4, 0.5) is 5.82 Å². The fourth-order valence-corrected chi connectivity index (χ4v) is 2.28. The van der Waals surface area contributed by atoms with Crippen molar-refractivity contribution in [1.82, 2.24) is 15.3 Å². The number of rotatable bonds is 2. The molecule has 86 valence electrons. The van der Waals surface area contributed by atoms with Gasteiger partial charge in [0.25, 0.3) is 0 Å². The van der Waals surface area contributed by atoms with Gasteiger partial charge >= 0.3 is 0 Å². The average Bonchev–Trinajstić information content (AvgIpc) is 2.55. The van der Waals surface area contributed by atoms with Gasteiger partial charge in [0.05, 0.1) is 24.5 Å². The summed E-state index contributed by atoms with van der Waals surface area (Å²) in [5, 5.41) is 5.91. The van der Waals surface area contributed by atoms with Gasteiger partial charge in [-0.05, 0) is 22.4 Å². The van der Waals surface area contributed by atoms with E-state index in [1.54, 1.807) is 6.20 Å². The third kappa shape index (κ3) is 2.04. The first-order valence-corrected chi connectivity index (χ1v) is 6.07. The standard InChI is InChI=1S/C11H9BrN4O/c12-9-4-13-5-10(15-9)16-11(17)8-3-6-1-2-7(6)14-8/h4-8,14H,3H2,(H,15,16,17)/t6-,7-,8+/m1/s1. The number of nitrogens with zero attached hydrogens (tertiary/aromatic N) is 2. The van der Waals surface area contributed by atoms with Gasteiger partial charge in [-0.15, -0.1) is 0 Å². The van der Waals surface area contributed by atoms with Crippen LogP contribution in [0, 0.1) is 17.8 Å². The maximum atomic E-state index is 11.9. The van der Waals surface area contributed by atoms with Crippen LogP contribution in [0.5, 0.6) is 0 Å². The fourth-order valence-electron chi connectivity index (χ4n) is 1.97. The van der Waals surface area contributed by atoms with Gasteiger partial charge in [-0.3, -0.25) is 15.1 Å². The predicted molar refractivity (Wildman–Crippen MR) is 65.0 cm³/mol. The molecule has 0 aromatic carbocycles. The molecule has 1 aromatic rings. The molecule has 3 atom stereocenters. The van der Waals surface area contributed by atoms with Crippen molar-refractivity contribution in [3.8, 4) is 11.8 Å². The third-order valence-electron chi connectivity index (χ3n) is 2.87. The summed E-state index contributed by atoms with van der Waals surface area (Å²) >= 11 is 3.20. The molecule has 3 rings (SSSR count). The minimum Gasteiger partial charge on any atom is -0.308 e. The van der Waals surface area contributed by atoms with Crippen LogP contribution in [0.1, 0.15) is 6.42 Å². The molecule has 5 nitrogen and oxygen atoms in total.